The fraction of sp³-hybridized carbons (Fsp3) is 0.158. The number of aryl methyl sites for hydroxylation is 1. The average molecular weight is 320 g/mol. The average Bonchev–Trinajstić information content (AvgIpc) is 3.00. The fourth-order valence-electron chi connectivity index (χ4n) is 2.24. The molecule has 23 heavy (non-hydrogen) atoms. The maximum Gasteiger partial charge on any atom is 0.124 e. The highest BCUT2D eigenvalue weighted by Gasteiger charge is 2.05. The molecule has 3 nitrogen and oxygen atoms in total. The third-order valence-electron chi connectivity index (χ3n) is 3.31. The second kappa shape index (κ2) is 7.19. The van der Waals surface area contributed by atoms with Crippen molar-refractivity contribution < 1.29 is 4.74 Å². The lowest BCUT2D eigenvalue weighted by atomic mass is 10.0. The molecule has 1 aromatic carbocycles. The van der Waals surface area contributed by atoms with Gasteiger partial charge in [0.1, 0.15) is 5.69 Å². The molecule has 0 fully saturated rings. The van der Waals surface area contributed by atoms with E-state index in [0.29, 0.717) is 6.61 Å². The predicted octanol–water partition coefficient (Wildman–Crippen LogP) is 4.06. The van der Waals surface area contributed by atoms with Crippen LogP contribution in [0, 0.1) is 18.8 Å². The maximum absolute atomic E-state index is 5.25. The molecule has 0 aliphatic rings. The van der Waals surface area contributed by atoms with Crippen LogP contribution in [0.25, 0.3) is 11.3 Å². The third-order valence-corrected chi connectivity index (χ3v) is 4.08. The van der Waals surface area contributed by atoms with Crippen molar-refractivity contribution in [1.82, 2.24) is 9.97 Å². The molecule has 0 spiro atoms. The summed E-state index contributed by atoms with van der Waals surface area (Å²) in [5.41, 5.74) is 4.82. The zero-order valence-electron chi connectivity index (χ0n) is 13.0. The van der Waals surface area contributed by atoms with Gasteiger partial charge < -0.3 is 4.74 Å². The van der Waals surface area contributed by atoms with Crippen LogP contribution < -0.4 is 0 Å². The fourth-order valence-corrected chi connectivity index (χ4v) is 2.78. The number of pyridine rings is 1. The number of hydrogen-bond donors (Lipinski definition) is 0. The van der Waals surface area contributed by atoms with Crippen molar-refractivity contribution >= 4 is 11.3 Å². The van der Waals surface area contributed by atoms with Gasteiger partial charge in [0.2, 0.25) is 0 Å². The monoisotopic (exact) mass is 320 g/mol. The lowest BCUT2D eigenvalue weighted by Gasteiger charge is -2.07. The molecule has 0 aliphatic carbocycles. The first-order valence-electron chi connectivity index (χ1n) is 7.23. The number of thiazole rings is 1. The van der Waals surface area contributed by atoms with Crippen molar-refractivity contribution in [2.45, 2.75) is 13.5 Å². The summed E-state index contributed by atoms with van der Waals surface area (Å²) in [5.74, 6) is 6.16. The molecule has 0 unspecified atom stereocenters. The lowest BCUT2D eigenvalue weighted by Crippen LogP contribution is -1.93. The van der Waals surface area contributed by atoms with E-state index in [1.165, 1.54) is 0 Å². The van der Waals surface area contributed by atoms with E-state index in [9.17, 15) is 0 Å². The van der Waals surface area contributed by atoms with Gasteiger partial charge in [-0.05, 0) is 30.5 Å². The first-order chi connectivity index (χ1) is 11.3. The first-order valence-corrected chi connectivity index (χ1v) is 8.11. The summed E-state index contributed by atoms with van der Waals surface area (Å²) in [5, 5.41) is 2.99. The molecular formula is C19H16N2OS. The van der Waals surface area contributed by atoms with Gasteiger partial charge in [0.05, 0.1) is 17.3 Å². The lowest BCUT2D eigenvalue weighted by molar-refractivity contribution is 0.185. The molecule has 114 valence electrons. The summed E-state index contributed by atoms with van der Waals surface area (Å²) in [6, 6.07) is 12.1. The van der Waals surface area contributed by atoms with Crippen molar-refractivity contribution in [2.24, 2.45) is 0 Å². The molecule has 2 heterocycles. The smallest absolute Gasteiger partial charge is 0.124 e. The standard InChI is InChI=1S/C19H16N2OS/c1-14-21-17(13-23-14)9-7-15-8-10-19(20-11-15)18-6-4-3-5-16(18)12-22-2/h3-6,8,10-11,13H,12H2,1-2H3. The number of hydrogen-bond acceptors (Lipinski definition) is 4. The summed E-state index contributed by atoms with van der Waals surface area (Å²) in [6.45, 7) is 2.55. The Morgan fingerprint density at radius 3 is 2.70 bits per heavy atom. The minimum Gasteiger partial charge on any atom is -0.380 e. The quantitative estimate of drug-likeness (QED) is 0.683. The number of ether oxygens (including phenoxy) is 1. The van der Waals surface area contributed by atoms with Crippen molar-refractivity contribution in [3.63, 3.8) is 0 Å². The van der Waals surface area contributed by atoms with Gasteiger partial charge >= 0.3 is 0 Å². The van der Waals surface area contributed by atoms with Crippen molar-refractivity contribution in [3.8, 4) is 23.1 Å². The zero-order chi connectivity index (χ0) is 16.1. The second-order valence-electron chi connectivity index (χ2n) is 5.02. The molecule has 0 radical (unpaired) electrons. The van der Waals surface area contributed by atoms with E-state index in [0.717, 1.165) is 33.1 Å². The van der Waals surface area contributed by atoms with Crippen LogP contribution in [0.3, 0.4) is 0 Å². The highest BCUT2D eigenvalue weighted by molar-refractivity contribution is 7.09. The summed E-state index contributed by atoms with van der Waals surface area (Å²) in [4.78, 5) is 8.87. The molecule has 3 rings (SSSR count). The minimum atomic E-state index is 0.572. The van der Waals surface area contributed by atoms with Crippen molar-refractivity contribution in [3.05, 3.63) is 69.8 Å². The van der Waals surface area contributed by atoms with Gasteiger partial charge in [-0.15, -0.1) is 11.3 Å². The second-order valence-corrected chi connectivity index (χ2v) is 6.09. The van der Waals surface area contributed by atoms with Gasteiger partial charge in [-0.25, -0.2) is 4.98 Å². The molecule has 0 N–H and O–H groups in total. The molecule has 2 aromatic heterocycles. The SMILES string of the molecule is COCc1ccccc1-c1ccc(C#Cc2csc(C)n2)cn1. The van der Waals surface area contributed by atoms with Crippen LogP contribution >= 0.6 is 11.3 Å². The first kappa shape index (κ1) is 15.4. The van der Waals surface area contributed by atoms with Crippen molar-refractivity contribution in [1.29, 1.82) is 0 Å². The van der Waals surface area contributed by atoms with Gasteiger partial charge in [-0.1, -0.05) is 30.2 Å². The number of methoxy groups -OCH3 is 1. The van der Waals surface area contributed by atoms with Gasteiger partial charge in [-0.3, -0.25) is 4.98 Å². The zero-order valence-corrected chi connectivity index (χ0v) is 13.9. The van der Waals surface area contributed by atoms with Gasteiger partial charge in [0.15, 0.2) is 0 Å². The molecule has 0 aliphatic heterocycles. The Hall–Kier alpha value is -2.48. The van der Waals surface area contributed by atoms with Gasteiger partial charge in [-0.2, -0.15) is 0 Å². The number of nitrogens with zero attached hydrogens (tertiary/aromatic N) is 2. The van der Waals surface area contributed by atoms with Crippen LogP contribution in [0.4, 0.5) is 0 Å². The normalized spacial score (nSPS) is 10.2. The molecule has 0 saturated carbocycles. The Morgan fingerprint density at radius 1 is 1.13 bits per heavy atom. The van der Waals surface area contributed by atoms with E-state index < -0.39 is 0 Å². The van der Waals surface area contributed by atoms with Crippen LogP contribution in [0.2, 0.25) is 0 Å². The largest absolute Gasteiger partial charge is 0.380 e. The Balaban J connectivity index is 1.84. The van der Waals surface area contributed by atoms with E-state index in [2.05, 4.69) is 33.9 Å². The molecule has 0 atom stereocenters. The molecule has 3 aromatic rings. The Morgan fingerprint density at radius 2 is 2.00 bits per heavy atom. The van der Waals surface area contributed by atoms with Crippen LogP contribution in [0.15, 0.2) is 48.0 Å². The summed E-state index contributed by atoms with van der Waals surface area (Å²) in [6.07, 6.45) is 1.80. The van der Waals surface area contributed by atoms with Gasteiger partial charge in [0.25, 0.3) is 0 Å². The number of benzene rings is 1. The minimum absolute atomic E-state index is 0.572. The summed E-state index contributed by atoms with van der Waals surface area (Å²) in [7, 11) is 1.70. The van der Waals surface area contributed by atoms with E-state index >= 15 is 0 Å². The molecule has 0 amide bonds. The van der Waals surface area contributed by atoms with Crippen LogP contribution in [0.5, 0.6) is 0 Å². The van der Waals surface area contributed by atoms with Crippen LogP contribution in [-0.4, -0.2) is 17.1 Å². The Labute approximate surface area is 140 Å². The highest BCUT2D eigenvalue weighted by Crippen LogP contribution is 2.22. The number of aromatic nitrogens is 2. The van der Waals surface area contributed by atoms with E-state index in [-0.39, 0.29) is 0 Å². The van der Waals surface area contributed by atoms with E-state index in [1.807, 2.05) is 36.6 Å². The molecule has 0 bridgehead atoms. The summed E-state index contributed by atoms with van der Waals surface area (Å²) >= 11 is 1.60. The highest BCUT2D eigenvalue weighted by atomic mass is 32.1. The predicted molar refractivity (Wildman–Crippen MR) is 93.2 cm³/mol. The van der Waals surface area contributed by atoms with Crippen molar-refractivity contribution in [2.75, 3.05) is 7.11 Å². The molecule has 4 heteroatoms. The van der Waals surface area contributed by atoms with Gasteiger partial charge in [0, 0.05) is 29.8 Å². The molecular weight excluding hydrogens is 304 g/mol. The van der Waals surface area contributed by atoms with Crippen LogP contribution in [0.1, 0.15) is 21.8 Å². The van der Waals surface area contributed by atoms with E-state index in [4.69, 9.17) is 4.74 Å². The Kier molecular flexibility index (Phi) is 4.82. The van der Waals surface area contributed by atoms with Crippen LogP contribution in [-0.2, 0) is 11.3 Å². The number of rotatable bonds is 3. The summed E-state index contributed by atoms with van der Waals surface area (Å²) < 4.78 is 5.25. The third kappa shape index (κ3) is 3.84. The molecule has 0 saturated heterocycles. The maximum atomic E-state index is 5.25. The Bertz CT molecular complexity index is 857. The van der Waals surface area contributed by atoms with E-state index in [1.54, 1.807) is 24.6 Å². The topological polar surface area (TPSA) is 35.0 Å².